The number of alkyl halides is 2. The van der Waals surface area contributed by atoms with Gasteiger partial charge in [-0.15, -0.1) is 0 Å². The molecule has 0 bridgehead atoms. The van der Waals surface area contributed by atoms with Crippen LogP contribution in [-0.2, 0) is 4.79 Å². The number of rotatable bonds is 8. The van der Waals surface area contributed by atoms with Crippen molar-refractivity contribution in [2.24, 2.45) is 0 Å². The number of Topliss-reactive ketones (excluding diaryl/α,β-unsaturated/α-hetero) is 1. The summed E-state index contributed by atoms with van der Waals surface area (Å²) in [5, 5.41) is 9.62. The predicted molar refractivity (Wildman–Crippen MR) is 64.5 cm³/mol. The van der Waals surface area contributed by atoms with E-state index < -0.39 is 10.4 Å². The second-order valence-corrected chi connectivity index (χ2v) is 5.54. The van der Waals surface area contributed by atoms with Crippen LogP contribution < -0.4 is 0 Å². The first kappa shape index (κ1) is 15.2. The molecule has 1 N–H and O–H groups in total. The Labute approximate surface area is 102 Å². The van der Waals surface area contributed by atoms with Gasteiger partial charge in [-0.2, -0.15) is 0 Å². The van der Waals surface area contributed by atoms with E-state index in [0.717, 1.165) is 25.7 Å². The van der Waals surface area contributed by atoms with Crippen molar-refractivity contribution in [2.75, 3.05) is 0 Å². The Balaban J connectivity index is 3.88. The first-order chi connectivity index (χ1) is 6.90. The number of ketones is 1. The van der Waals surface area contributed by atoms with Gasteiger partial charge in [0.2, 0.25) is 0 Å². The van der Waals surface area contributed by atoms with Crippen LogP contribution in [0.3, 0.4) is 0 Å². The first-order valence-corrected chi connectivity index (χ1v) is 6.21. The second-order valence-electron chi connectivity index (χ2n) is 3.99. The molecular weight excluding hydrogens is 235 g/mol. The highest BCUT2D eigenvalue weighted by molar-refractivity contribution is 6.48. The third-order valence-electron chi connectivity index (χ3n) is 2.33. The van der Waals surface area contributed by atoms with Gasteiger partial charge >= 0.3 is 0 Å². The highest BCUT2D eigenvalue weighted by atomic mass is 35.5. The van der Waals surface area contributed by atoms with Crippen molar-refractivity contribution in [1.29, 1.82) is 0 Å². The largest absolute Gasteiger partial charge is 0.390 e. The minimum absolute atomic E-state index is 0.0285. The van der Waals surface area contributed by atoms with Crippen molar-refractivity contribution < 1.29 is 9.90 Å². The van der Waals surface area contributed by atoms with E-state index in [0.29, 0.717) is 6.42 Å². The lowest BCUT2D eigenvalue weighted by Crippen LogP contribution is -2.32. The first-order valence-electron chi connectivity index (χ1n) is 5.45. The van der Waals surface area contributed by atoms with Crippen LogP contribution in [0.25, 0.3) is 0 Å². The zero-order chi connectivity index (χ0) is 11.9. The van der Waals surface area contributed by atoms with Gasteiger partial charge in [0.05, 0.1) is 6.10 Å². The fourth-order valence-corrected chi connectivity index (χ4v) is 1.80. The maximum atomic E-state index is 10.8. The molecule has 0 radical (unpaired) electrons. The van der Waals surface area contributed by atoms with Crippen LogP contribution in [0.4, 0.5) is 0 Å². The fourth-order valence-electron chi connectivity index (χ4n) is 1.38. The van der Waals surface area contributed by atoms with E-state index in [2.05, 4.69) is 6.92 Å². The van der Waals surface area contributed by atoms with Crippen molar-refractivity contribution in [3.8, 4) is 0 Å². The van der Waals surface area contributed by atoms with E-state index >= 15 is 0 Å². The van der Waals surface area contributed by atoms with E-state index in [1.165, 1.54) is 6.92 Å². The lowest BCUT2D eigenvalue weighted by atomic mass is 10.0. The maximum absolute atomic E-state index is 10.8. The van der Waals surface area contributed by atoms with Gasteiger partial charge in [0, 0.05) is 6.42 Å². The normalized spacial score (nSPS) is 13.9. The van der Waals surface area contributed by atoms with Gasteiger partial charge in [-0.3, -0.25) is 4.79 Å². The monoisotopic (exact) mass is 254 g/mol. The van der Waals surface area contributed by atoms with Gasteiger partial charge in [-0.05, 0) is 13.3 Å². The van der Waals surface area contributed by atoms with Crippen molar-refractivity contribution in [3.05, 3.63) is 0 Å². The third kappa shape index (κ3) is 7.15. The number of carbonyl (C=O) groups is 1. The number of hydrogen-bond donors (Lipinski definition) is 1. The summed E-state index contributed by atoms with van der Waals surface area (Å²) >= 11 is 11.9. The molecule has 0 aliphatic carbocycles. The summed E-state index contributed by atoms with van der Waals surface area (Å²) < 4.78 is -1.18. The average Bonchev–Trinajstić information content (AvgIpc) is 2.11. The summed E-state index contributed by atoms with van der Waals surface area (Å²) in [6.45, 7) is 3.55. The lowest BCUT2D eigenvalue weighted by Gasteiger charge is -2.24. The van der Waals surface area contributed by atoms with Gasteiger partial charge in [0.25, 0.3) is 0 Å². The van der Waals surface area contributed by atoms with Crippen molar-refractivity contribution in [3.63, 3.8) is 0 Å². The molecule has 0 saturated heterocycles. The summed E-state index contributed by atoms with van der Waals surface area (Å²) in [6, 6.07) is 0. The quantitative estimate of drug-likeness (QED) is 0.532. The van der Waals surface area contributed by atoms with E-state index in [1.807, 2.05) is 0 Å². The molecule has 0 aromatic rings. The van der Waals surface area contributed by atoms with Crippen LogP contribution >= 0.6 is 23.2 Å². The SMILES string of the molecule is CCCCCCC(Cl)(Cl)C(O)CC(C)=O. The average molecular weight is 255 g/mol. The topological polar surface area (TPSA) is 37.3 Å². The fraction of sp³-hybridized carbons (Fsp3) is 0.909. The Morgan fingerprint density at radius 3 is 2.40 bits per heavy atom. The molecule has 1 atom stereocenters. The number of aliphatic hydroxyl groups excluding tert-OH is 1. The molecule has 0 aromatic carbocycles. The number of carbonyl (C=O) groups excluding carboxylic acids is 1. The van der Waals surface area contributed by atoms with Crippen LogP contribution in [0.5, 0.6) is 0 Å². The zero-order valence-corrected chi connectivity index (χ0v) is 10.9. The van der Waals surface area contributed by atoms with E-state index in [1.54, 1.807) is 0 Å². The number of aliphatic hydroxyl groups is 1. The Bertz CT molecular complexity index is 193. The predicted octanol–water partition coefficient (Wildman–Crippen LogP) is 3.47. The molecule has 0 fully saturated rings. The Kier molecular flexibility index (Phi) is 7.58. The van der Waals surface area contributed by atoms with Gasteiger partial charge in [0.15, 0.2) is 0 Å². The van der Waals surface area contributed by atoms with Gasteiger partial charge in [-0.25, -0.2) is 0 Å². The zero-order valence-electron chi connectivity index (χ0n) is 9.43. The van der Waals surface area contributed by atoms with Gasteiger partial charge < -0.3 is 5.11 Å². The molecule has 0 spiro atoms. The van der Waals surface area contributed by atoms with E-state index in [-0.39, 0.29) is 12.2 Å². The summed E-state index contributed by atoms with van der Waals surface area (Å²) in [4.78, 5) is 10.8. The molecule has 0 rings (SSSR count). The Morgan fingerprint density at radius 2 is 1.93 bits per heavy atom. The highest BCUT2D eigenvalue weighted by Gasteiger charge is 2.33. The van der Waals surface area contributed by atoms with Crippen LogP contribution in [-0.4, -0.2) is 21.3 Å². The number of hydrogen-bond acceptors (Lipinski definition) is 2. The minimum Gasteiger partial charge on any atom is -0.390 e. The molecule has 0 amide bonds. The smallest absolute Gasteiger partial charge is 0.144 e. The molecule has 2 nitrogen and oxygen atoms in total. The molecule has 1 unspecified atom stereocenters. The van der Waals surface area contributed by atoms with Crippen LogP contribution in [0.1, 0.15) is 52.4 Å². The molecule has 0 aromatic heterocycles. The molecular formula is C11H20Cl2O2. The molecule has 4 heteroatoms. The van der Waals surface area contributed by atoms with Crippen LogP contribution in [0.2, 0.25) is 0 Å². The summed E-state index contributed by atoms with van der Waals surface area (Å²) in [5.74, 6) is -0.0956. The highest BCUT2D eigenvalue weighted by Crippen LogP contribution is 2.33. The standard InChI is InChI=1S/C11H20Cl2O2/c1-3-4-5-6-7-11(12,13)10(15)8-9(2)14/h10,15H,3-8H2,1-2H3. The van der Waals surface area contributed by atoms with E-state index in [4.69, 9.17) is 23.2 Å². The summed E-state index contributed by atoms with van der Waals surface area (Å²) in [5.41, 5.74) is 0. The molecule has 0 aliphatic rings. The number of unbranched alkanes of at least 4 members (excludes halogenated alkanes) is 3. The number of halogens is 2. The Hall–Kier alpha value is 0.210. The van der Waals surface area contributed by atoms with Crippen molar-refractivity contribution in [2.45, 2.75) is 62.8 Å². The van der Waals surface area contributed by atoms with E-state index in [9.17, 15) is 9.90 Å². The Morgan fingerprint density at radius 1 is 1.33 bits per heavy atom. The van der Waals surface area contributed by atoms with Gasteiger partial charge in [0.1, 0.15) is 10.1 Å². The molecule has 15 heavy (non-hydrogen) atoms. The van der Waals surface area contributed by atoms with Crippen LogP contribution in [0.15, 0.2) is 0 Å². The molecule has 90 valence electrons. The summed E-state index contributed by atoms with van der Waals surface area (Å²) in [6.07, 6.45) is 3.84. The van der Waals surface area contributed by atoms with Crippen LogP contribution in [0, 0.1) is 0 Å². The van der Waals surface area contributed by atoms with Crippen molar-refractivity contribution >= 4 is 29.0 Å². The minimum atomic E-state index is -1.18. The van der Waals surface area contributed by atoms with Gasteiger partial charge in [-0.1, -0.05) is 55.8 Å². The molecule has 0 heterocycles. The second kappa shape index (κ2) is 7.48. The lowest BCUT2D eigenvalue weighted by molar-refractivity contribution is -0.119. The molecule has 0 saturated carbocycles. The third-order valence-corrected chi connectivity index (χ3v) is 3.21. The molecule has 0 aliphatic heterocycles. The summed E-state index contributed by atoms with van der Waals surface area (Å²) in [7, 11) is 0. The van der Waals surface area contributed by atoms with Crippen molar-refractivity contribution in [1.82, 2.24) is 0 Å². The maximum Gasteiger partial charge on any atom is 0.144 e.